The van der Waals surface area contributed by atoms with Gasteiger partial charge in [0.05, 0.1) is 15.2 Å². The standard InChI is InChI=1S/C15H10ClNO2S2/c16-10-7-4-8-11-13(10)21-15(17-11)20-12(14(18)19)9-5-2-1-3-6-9/h1-8,12H,(H,18,19). The van der Waals surface area contributed by atoms with E-state index < -0.39 is 11.2 Å². The van der Waals surface area contributed by atoms with E-state index in [0.29, 0.717) is 9.36 Å². The third kappa shape index (κ3) is 3.05. The van der Waals surface area contributed by atoms with Crippen LogP contribution in [0.4, 0.5) is 0 Å². The van der Waals surface area contributed by atoms with Gasteiger partial charge in [0.2, 0.25) is 0 Å². The number of thioether (sulfide) groups is 1. The summed E-state index contributed by atoms with van der Waals surface area (Å²) in [6.45, 7) is 0. The molecule has 1 N–H and O–H groups in total. The van der Waals surface area contributed by atoms with Crippen molar-refractivity contribution >= 4 is 50.9 Å². The van der Waals surface area contributed by atoms with Crippen molar-refractivity contribution in [3.05, 3.63) is 59.1 Å². The van der Waals surface area contributed by atoms with Crippen LogP contribution in [-0.2, 0) is 4.79 Å². The largest absolute Gasteiger partial charge is 0.480 e. The number of hydrogen-bond acceptors (Lipinski definition) is 4. The molecule has 21 heavy (non-hydrogen) atoms. The molecule has 2 aromatic carbocycles. The van der Waals surface area contributed by atoms with Crippen LogP contribution in [0.3, 0.4) is 0 Å². The Morgan fingerprint density at radius 2 is 1.95 bits per heavy atom. The molecular weight excluding hydrogens is 326 g/mol. The lowest BCUT2D eigenvalue weighted by atomic mass is 10.1. The molecule has 3 nitrogen and oxygen atoms in total. The van der Waals surface area contributed by atoms with Crippen LogP contribution in [0.25, 0.3) is 10.2 Å². The molecule has 0 saturated carbocycles. The minimum Gasteiger partial charge on any atom is -0.480 e. The molecule has 6 heteroatoms. The van der Waals surface area contributed by atoms with Crippen molar-refractivity contribution in [3.8, 4) is 0 Å². The maximum absolute atomic E-state index is 11.5. The number of carbonyl (C=O) groups is 1. The van der Waals surface area contributed by atoms with Crippen molar-refractivity contribution in [1.29, 1.82) is 0 Å². The van der Waals surface area contributed by atoms with Crippen LogP contribution >= 0.6 is 34.7 Å². The number of carboxylic acids is 1. The number of halogens is 1. The zero-order chi connectivity index (χ0) is 14.8. The molecule has 1 aromatic heterocycles. The van der Waals surface area contributed by atoms with Gasteiger partial charge >= 0.3 is 5.97 Å². The Balaban J connectivity index is 1.95. The molecule has 0 saturated heterocycles. The van der Waals surface area contributed by atoms with Gasteiger partial charge in [-0.25, -0.2) is 4.98 Å². The SMILES string of the molecule is O=C(O)C(Sc1nc2cccc(Cl)c2s1)c1ccccc1. The van der Waals surface area contributed by atoms with Crippen LogP contribution in [0.15, 0.2) is 52.9 Å². The Morgan fingerprint density at radius 3 is 2.62 bits per heavy atom. The van der Waals surface area contributed by atoms with Crippen LogP contribution in [0.5, 0.6) is 0 Å². The first kappa shape index (κ1) is 14.4. The molecular formula is C15H10ClNO2S2. The Hall–Kier alpha value is -1.56. The lowest BCUT2D eigenvalue weighted by molar-refractivity contribution is -0.136. The summed E-state index contributed by atoms with van der Waals surface area (Å²) in [5.41, 5.74) is 1.55. The monoisotopic (exact) mass is 335 g/mol. The van der Waals surface area contributed by atoms with Crippen molar-refractivity contribution in [3.63, 3.8) is 0 Å². The van der Waals surface area contributed by atoms with Crippen LogP contribution in [0.2, 0.25) is 5.02 Å². The van der Waals surface area contributed by atoms with E-state index in [1.807, 2.05) is 48.5 Å². The van der Waals surface area contributed by atoms with Crippen molar-refractivity contribution in [2.75, 3.05) is 0 Å². The molecule has 106 valence electrons. The van der Waals surface area contributed by atoms with Crippen LogP contribution < -0.4 is 0 Å². The predicted octanol–water partition coefficient (Wildman–Crippen LogP) is 4.87. The summed E-state index contributed by atoms with van der Waals surface area (Å²) in [5, 5.41) is 9.41. The molecule has 1 atom stereocenters. The lowest BCUT2D eigenvalue weighted by Crippen LogP contribution is -2.07. The third-order valence-corrected chi connectivity index (χ3v) is 5.76. The van der Waals surface area contributed by atoms with Crippen molar-refractivity contribution in [2.24, 2.45) is 0 Å². The molecule has 3 aromatic rings. The van der Waals surface area contributed by atoms with Crippen LogP contribution in [-0.4, -0.2) is 16.1 Å². The summed E-state index contributed by atoms with van der Waals surface area (Å²) < 4.78 is 1.59. The fourth-order valence-corrected chi connectivity index (χ4v) is 4.40. The summed E-state index contributed by atoms with van der Waals surface area (Å²) in [7, 11) is 0. The van der Waals surface area contributed by atoms with Crippen LogP contribution in [0, 0.1) is 0 Å². The van der Waals surface area contributed by atoms with Gasteiger partial charge < -0.3 is 5.11 Å². The molecule has 1 heterocycles. The molecule has 0 amide bonds. The molecule has 0 aliphatic carbocycles. The van der Waals surface area contributed by atoms with Gasteiger partial charge in [-0.15, -0.1) is 11.3 Å². The van der Waals surface area contributed by atoms with Gasteiger partial charge in [0.1, 0.15) is 5.25 Å². The molecule has 0 fully saturated rings. The fourth-order valence-electron chi connectivity index (χ4n) is 1.94. The second-order valence-electron chi connectivity index (χ2n) is 4.31. The zero-order valence-corrected chi connectivity index (χ0v) is 13.1. The van der Waals surface area contributed by atoms with Gasteiger partial charge in [0.25, 0.3) is 0 Å². The summed E-state index contributed by atoms with van der Waals surface area (Å²) in [6.07, 6.45) is 0. The highest BCUT2D eigenvalue weighted by Gasteiger charge is 2.23. The van der Waals surface area contributed by atoms with E-state index in [-0.39, 0.29) is 0 Å². The quantitative estimate of drug-likeness (QED) is 0.691. The minimum atomic E-state index is -0.878. The van der Waals surface area contributed by atoms with E-state index in [1.54, 1.807) is 0 Å². The second-order valence-corrected chi connectivity index (χ2v) is 7.07. The number of nitrogens with zero attached hydrogens (tertiary/aromatic N) is 1. The Labute approximate surface area is 134 Å². The topological polar surface area (TPSA) is 50.2 Å². The maximum atomic E-state index is 11.5. The third-order valence-electron chi connectivity index (χ3n) is 2.89. The first-order valence-electron chi connectivity index (χ1n) is 6.14. The lowest BCUT2D eigenvalue weighted by Gasteiger charge is -2.09. The Bertz CT molecular complexity index is 789. The second kappa shape index (κ2) is 6.05. The summed E-state index contributed by atoms with van der Waals surface area (Å²) >= 11 is 8.79. The van der Waals surface area contributed by atoms with E-state index in [1.165, 1.54) is 23.1 Å². The van der Waals surface area contributed by atoms with Gasteiger partial charge in [0.15, 0.2) is 4.34 Å². The molecule has 0 aliphatic heterocycles. The van der Waals surface area contributed by atoms with E-state index in [4.69, 9.17) is 11.6 Å². The molecule has 0 radical (unpaired) electrons. The minimum absolute atomic E-state index is 0.642. The molecule has 0 bridgehead atoms. The molecule has 0 aliphatic rings. The van der Waals surface area contributed by atoms with Crippen LogP contribution in [0.1, 0.15) is 10.8 Å². The number of hydrogen-bond donors (Lipinski definition) is 1. The van der Waals surface area contributed by atoms with E-state index in [0.717, 1.165) is 15.8 Å². The number of aliphatic carboxylic acids is 1. The highest BCUT2D eigenvalue weighted by atomic mass is 35.5. The van der Waals surface area contributed by atoms with E-state index in [9.17, 15) is 9.90 Å². The average molecular weight is 336 g/mol. The van der Waals surface area contributed by atoms with Crippen molar-refractivity contribution in [1.82, 2.24) is 4.98 Å². The summed E-state index contributed by atoms with van der Waals surface area (Å²) in [6, 6.07) is 14.7. The molecule has 0 spiro atoms. The van der Waals surface area contributed by atoms with Gasteiger partial charge in [-0.1, -0.05) is 59.8 Å². The maximum Gasteiger partial charge on any atom is 0.321 e. The molecule has 3 rings (SSSR count). The van der Waals surface area contributed by atoms with E-state index >= 15 is 0 Å². The highest BCUT2D eigenvalue weighted by molar-refractivity contribution is 8.02. The predicted molar refractivity (Wildman–Crippen MR) is 87.3 cm³/mol. The first-order chi connectivity index (χ1) is 10.1. The van der Waals surface area contributed by atoms with Crippen molar-refractivity contribution in [2.45, 2.75) is 9.59 Å². The molecule has 1 unspecified atom stereocenters. The van der Waals surface area contributed by atoms with Gasteiger partial charge in [-0.05, 0) is 17.7 Å². The van der Waals surface area contributed by atoms with Crippen molar-refractivity contribution < 1.29 is 9.90 Å². The Kier molecular flexibility index (Phi) is 4.14. The van der Waals surface area contributed by atoms with E-state index in [2.05, 4.69) is 4.98 Å². The average Bonchev–Trinajstić information content (AvgIpc) is 2.90. The Morgan fingerprint density at radius 1 is 1.19 bits per heavy atom. The number of aromatic nitrogens is 1. The number of thiazole rings is 1. The van der Waals surface area contributed by atoms with Gasteiger partial charge in [-0.2, -0.15) is 0 Å². The van der Waals surface area contributed by atoms with Gasteiger partial charge in [-0.3, -0.25) is 4.79 Å². The fraction of sp³-hybridized carbons (Fsp3) is 0.0667. The van der Waals surface area contributed by atoms with Gasteiger partial charge in [0, 0.05) is 0 Å². The number of rotatable bonds is 4. The number of carboxylic acid groups (broad SMARTS) is 1. The smallest absolute Gasteiger partial charge is 0.321 e. The normalized spacial score (nSPS) is 12.4. The summed E-state index contributed by atoms with van der Waals surface area (Å²) in [4.78, 5) is 16.0. The first-order valence-corrected chi connectivity index (χ1v) is 8.22. The number of fused-ring (bicyclic) bond motifs is 1. The zero-order valence-electron chi connectivity index (χ0n) is 10.7. The highest BCUT2D eigenvalue weighted by Crippen LogP contribution is 2.40. The summed E-state index contributed by atoms with van der Waals surface area (Å²) in [5.74, 6) is -0.878. The number of benzene rings is 2.